The third-order valence-electron chi connectivity index (χ3n) is 2.73. The van der Waals surface area contributed by atoms with Gasteiger partial charge in [-0.1, -0.05) is 18.2 Å². The Labute approximate surface area is 93.1 Å². The first-order valence-electron chi connectivity index (χ1n) is 5.16. The zero-order valence-electron chi connectivity index (χ0n) is 8.60. The van der Waals surface area contributed by atoms with Crippen LogP contribution in [0.3, 0.4) is 0 Å². The fourth-order valence-corrected chi connectivity index (χ4v) is 1.93. The second-order valence-corrected chi connectivity index (χ2v) is 3.84. The van der Waals surface area contributed by atoms with Crippen molar-refractivity contribution < 1.29 is 4.79 Å². The fourth-order valence-electron chi connectivity index (χ4n) is 1.93. The smallest absolute Gasteiger partial charge is 0.228 e. The molecule has 0 bridgehead atoms. The van der Waals surface area contributed by atoms with E-state index in [1.165, 1.54) is 0 Å². The van der Waals surface area contributed by atoms with Crippen LogP contribution in [0.1, 0.15) is 5.56 Å². The molecule has 0 atom stereocenters. The maximum absolute atomic E-state index is 11.2. The summed E-state index contributed by atoms with van der Waals surface area (Å²) in [4.78, 5) is 15.3. The average Bonchev–Trinajstić information content (AvgIpc) is 2.69. The summed E-state index contributed by atoms with van der Waals surface area (Å²) in [7, 11) is 0. The van der Waals surface area contributed by atoms with Crippen LogP contribution in [-0.2, 0) is 11.2 Å². The van der Waals surface area contributed by atoms with E-state index in [-0.39, 0.29) is 5.91 Å². The molecule has 78 valence electrons. The highest BCUT2D eigenvalue weighted by atomic mass is 16.1. The normalized spacial score (nSPS) is 13.4. The Morgan fingerprint density at radius 3 is 2.94 bits per heavy atom. The molecule has 1 aromatic carbocycles. The summed E-state index contributed by atoms with van der Waals surface area (Å²) < 4.78 is 0. The van der Waals surface area contributed by atoms with Crippen LogP contribution in [-0.4, -0.2) is 10.9 Å². The lowest BCUT2D eigenvalue weighted by Gasteiger charge is -2.03. The molecule has 0 radical (unpaired) electrons. The van der Waals surface area contributed by atoms with E-state index in [1.54, 1.807) is 6.20 Å². The summed E-state index contributed by atoms with van der Waals surface area (Å²) in [6.45, 7) is 0. The van der Waals surface area contributed by atoms with Gasteiger partial charge in [-0.25, -0.2) is 0 Å². The molecule has 0 aliphatic carbocycles. The number of carbonyl (C=O) groups excluding carboxylic acids is 1. The summed E-state index contributed by atoms with van der Waals surface area (Å²) in [5.41, 5.74) is 4.13. The number of anilines is 1. The van der Waals surface area contributed by atoms with Gasteiger partial charge in [0, 0.05) is 23.6 Å². The SMILES string of the molecule is O=C1Cc2ccc(-c3cccnc3)cc2N1. The largest absolute Gasteiger partial charge is 0.326 e. The number of benzene rings is 1. The van der Waals surface area contributed by atoms with Crippen LogP contribution in [0.25, 0.3) is 11.1 Å². The zero-order valence-corrected chi connectivity index (χ0v) is 8.60. The quantitative estimate of drug-likeness (QED) is 0.784. The highest BCUT2D eigenvalue weighted by Gasteiger charge is 2.17. The first-order valence-corrected chi connectivity index (χ1v) is 5.16. The van der Waals surface area contributed by atoms with E-state index in [0.717, 1.165) is 22.4 Å². The molecule has 0 saturated carbocycles. The monoisotopic (exact) mass is 210 g/mol. The van der Waals surface area contributed by atoms with Crippen molar-refractivity contribution in [2.24, 2.45) is 0 Å². The van der Waals surface area contributed by atoms with Crippen LogP contribution in [0.4, 0.5) is 5.69 Å². The topological polar surface area (TPSA) is 42.0 Å². The number of hydrogen-bond donors (Lipinski definition) is 1. The van der Waals surface area contributed by atoms with E-state index in [2.05, 4.69) is 10.3 Å². The molecule has 3 heteroatoms. The number of nitrogens with zero attached hydrogens (tertiary/aromatic N) is 1. The van der Waals surface area contributed by atoms with Gasteiger partial charge >= 0.3 is 0 Å². The number of nitrogens with one attached hydrogen (secondary N) is 1. The van der Waals surface area contributed by atoms with Gasteiger partial charge in [-0.05, 0) is 23.3 Å². The van der Waals surface area contributed by atoms with Gasteiger partial charge in [-0.15, -0.1) is 0 Å². The van der Waals surface area contributed by atoms with Crippen molar-refractivity contribution in [3.63, 3.8) is 0 Å². The molecule has 1 amide bonds. The minimum Gasteiger partial charge on any atom is -0.326 e. The lowest BCUT2D eigenvalue weighted by molar-refractivity contribution is -0.115. The van der Waals surface area contributed by atoms with Gasteiger partial charge in [-0.3, -0.25) is 9.78 Å². The first kappa shape index (κ1) is 9.09. The van der Waals surface area contributed by atoms with Crippen LogP contribution in [0.15, 0.2) is 42.7 Å². The molecule has 0 unspecified atom stereocenters. The predicted octanol–water partition coefficient (Wildman–Crippen LogP) is 2.24. The van der Waals surface area contributed by atoms with Crippen molar-refractivity contribution in [2.45, 2.75) is 6.42 Å². The molecule has 0 saturated heterocycles. The highest BCUT2D eigenvalue weighted by Crippen LogP contribution is 2.28. The highest BCUT2D eigenvalue weighted by molar-refractivity contribution is 5.99. The van der Waals surface area contributed by atoms with Crippen molar-refractivity contribution in [3.05, 3.63) is 48.3 Å². The third-order valence-corrected chi connectivity index (χ3v) is 2.73. The number of amides is 1. The standard InChI is InChI=1S/C13H10N2O/c16-13-7-10-4-3-9(6-12(10)15-13)11-2-1-5-14-8-11/h1-6,8H,7H2,(H,15,16). The second kappa shape index (κ2) is 3.45. The van der Waals surface area contributed by atoms with E-state index in [1.807, 2.05) is 36.5 Å². The minimum atomic E-state index is 0.0679. The van der Waals surface area contributed by atoms with Crippen LogP contribution in [0, 0.1) is 0 Å². The minimum absolute atomic E-state index is 0.0679. The van der Waals surface area contributed by atoms with E-state index in [9.17, 15) is 4.79 Å². The molecular formula is C13H10N2O. The van der Waals surface area contributed by atoms with Gasteiger partial charge in [0.25, 0.3) is 0 Å². The van der Waals surface area contributed by atoms with Crippen molar-refractivity contribution in [3.8, 4) is 11.1 Å². The predicted molar refractivity (Wildman–Crippen MR) is 62.0 cm³/mol. The Morgan fingerprint density at radius 2 is 2.12 bits per heavy atom. The molecule has 3 nitrogen and oxygen atoms in total. The number of carbonyl (C=O) groups is 1. The van der Waals surface area contributed by atoms with Crippen LogP contribution in [0.5, 0.6) is 0 Å². The maximum atomic E-state index is 11.2. The van der Waals surface area contributed by atoms with Gasteiger partial charge in [-0.2, -0.15) is 0 Å². The Kier molecular flexibility index (Phi) is 1.96. The van der Waals surface area contributed by atoms with Crippen molar-refractivity contribution in [1.82, 2.24) is 4.98 Å². The average molecular weight is 210 g/mol. The summed E-state index contributed by atoms with van der Waals surface area (Å²) in [6.07, 6.45) is 4.06. The second-order valence-electron chi connectivity index (χ2n) is 3.84. The molecule has 2 aromatic rings. The Balaban J connectivity index is 2.06. The zero-order chi connectivity index (χ0) is 11.0. The molecule has 1 aliphatic rings. The maximum Gasteiger partial charge on any atom is 0.228 e. The van der Waals surface area contributed by atoms with Gasteiger partial charge in [0.15, 0.2) is 0 Å². The Bertz CT molecular complexity index is 549. The van der Waals surface area contributed by atoms with Crippen molar-refractivity contribution in [2.75, 3.05) is 5.32 Å². The van der Waals surface area contributed by atoms with Crippen molar-refractivity contribution in [1.29, 1.82) is 0 Å². The summed E-state index contributed by atoms with van der Waals surface area (Å²) in [5.74, 6) is 0.0679. The fraction of sp³-hybridized carbons (Fsp3) is 0.0769. The van der Waals surface area contributed by atoms with E-state index >= 15 is 0 Å². The summed E-state index contributed by atoms with van der Waals surface area (Å²) in [5, 5.41) is 2.85. The molecule has 3 rings (SSSR count). The Hall–Kier alpha value is -2.16. The third kappa shape index (κ3) is 1.46. The molecule has 1 aromatic heterocycles. The number of rotatable bonds is 1. The van der Waals surface area contributed by atoms with Gasteiger partial charge < -0.3 is 5.32 Å². The number of aromatic nitrogens is 1. The number of fused-ring (bicyclic) bond motifs is 1. The molecule has 1 aliphatic heterocycles. The van der Waals surface area contributed by atoms with Crippen LogP contribution < -0.4 is 5.32 Å². The first-order chi connectivity index (χ1) is 7.83. The van der Waals surface area contributed by atoms with E-state index in [4.69, 9.17) is 0 Å². The molecular weight excluding hydrogens is 200 g/mol. The summed E-state index contributed by atoms with van der Waals surface area (Å²) >= 11 is 0. The van der Waals surface area contributed by atoms with Gasteiger partial charge in [0.05, 0.1) is 6.42 Å². The molecule has 0 fully saturated rings. The lowest BCUT2D eigenvalue weighted by atomic mass is 10.0. The van der Waals surface area contributed by atoms with Crippen LogP contribution in [0.2, 0.25) is 0 Å². The lowest BCUT2D eigenvalue weighted by Crippen LogP contribution is -2.03. The number of pyridine rings is 1. The van der Waals surface area contributed by atoms with Crippen LogP contribution >= 0.6 is 0 Å². The Morgan fingerprint density at radius 1 is 1.19 bits per heavy atom. The molecule has 16 heavy (non-hydrogen) atoms. The van der Waals surface area contributed by atoms with Crippen molar-refractivity contribution >= 4 is 11.6 Å². The van der Waals surface area contributed by atoms with Gasteiger partial charge in [0.1, 0.15) is 0 Å². The number of hydrogen-bond acceptors (Lipinski definition) is 2. The molecule has 1 N–H and O–H groups in total. The molecule has 0 spiro atoms. The van der Waals surface area contributed by atoms with Gasteiger partial charge in [0.2, 0.25) is 5.91 Å². The van der Waals surface area contributed by atoms with E-state index in [0.29, 0.717) is 6.42 Å². The summed E-state index contributed by atoms with van der Waals surface area (Å²) in [6, 6.07) is 9.93. The molecule has 2 heterocycles. The van der Waals surface area contributed by atoms with E-state index < -0.39 is 0 Å².